The summed E-state index contributed by atoms with van der Waals surface area (Å²) in [4.78, 5) is 0. The van der Waals surface area contributed by atoms with E-state index in [0.29, 0.717) is 0 Å². The Hall–Kier alpha value is -2.62. The van der Waals surface area contributed by atoms with Gasteiger partial charge in [-0.3, -0.25) is 5.10 Å². The molecule has 1 radical (unpaired) electrons. The molecule has 0 atom stereocenters. The monoisotopic (exact) mass is 233 g/mol. The molecule has 4 heteroatoms. The summed E-state index contributed by atoms with van der Waals surface area (Å²) in [5, 5.41) is 13.9. The highest BCUT2D eigenvalue weighted by Crippen LogP contribution is 2.22. The van der Waals surface area contributed by atoms with Crippen molar-refractivity contribution in [1.29, 1.82) is 0 Å². The van der Waals surface area contributed by atoms with Crippen LogP contribution in [0.25, 0.3) is 27.6 Å². The molecule has 0 aliphatic carbocycles. The maximum absolute atomic E-state index is 4.42. The number of fused-ring (bicyclic) bond motifs is 2. The number of benzene rings is 2. The zero-order valence-electron chi connectivity index (χ0n) is 9.46. The van der Waals surface area contributed by atoms with Crippen LogP contribution in [0.4, 0.5) is 0 Å². The SMILES string of the molecule is [c]1ccc2n[nH]c(-n3ncc4ccccc43)c2c1. The molecule has 0 fully saturated rings. The predicted octanol–water partition coefficient (Wildman–Crippen LogP) is 2.70. The lowest BCUT2D eigenvalue weighted by Gasteiger charge is -2.00. The Bertz CT molecular complexity index is 769. The Labute approximate surface area is 103 Å². The zero-order chi connectivity index (χ0) is 11.9. The first kappa shape index (κ1) is 9.41. The molecule has 4 nitrogen and oxygen atoms in total. The van der Waals surface area contributed by atoms with Crippen LogP contribution in [0.5, 0.6) is 0 Å². The van der Waals surface area contributed by atoms with E-state index < -0.39 is 0 Å². The number of rotatable bonds is 1. The van der Waals surface area contributed by atoms with Crippen LogP contribution in [0.2, 0.25) is 0 Å². The molecule has 85 valence electrons. The van der Waals surface area contributed by atoms with E-state index >= 15 is 0 Å². The van der Waals surface area contributed by atoms with E-state index in [1.165, 1.54) is 0 Å². The predicted molar refractivity (Wildman–Crippen MR) is 69.6 cm³/mol. The smallest absolute Gasteiger partial charge is 0.157 e. The van der Waals surface area contributed by atoms with Crippen LogP contribution in [-0.4, -0.2) is 20.0 Å². The number of para-hydroxylation sites is 1. The van der Waals surface area contributed by atoms with Gasteiger partial charge in [0.1, 0.15) is 0 Å². The van der Waals surface area contributed by atoms with E-state index in [1.54, 1.807) is 0 Å². The maximum Gasteiger partial charge on any atom is 0.157 e. The molecule has 0 unspecified atom stereocenters. The van der Waals surface area contributed by atoms with Gasteiger partial charge in [0, 0.05) is 10.8 Å². The van der Waals surface area contributed by atoms with Gasteiger partial charge in [-0.25, -0.2) is 4.68 Å². The fraction of sp³-hybridized carbons (Fsp3) is 0. The molecule has 4 rings (SSSR count). The summed E-state index contributed by atoms with van der Waals surface area (Å²) in [7, 11) is 0. The highest BCUT2D eigenvalue weighted by molar-refractivity contribution is 5.88. The highest BCUT2D eigenvalue weighted by atomic mass is 15.3. The van der Waals surface area contributed by atoms with Crippen molar-refractivity contribution in [3.05, 3.63) is 54.7 Å². The van der Waals surface area contributed by atoms with Crippen LogP contribution in [-0.2, 0) is 0 Å². The first-order valence-corrected chi connectivity index (χ1v) is 5.71. The highest BCUT2D eigenvalue weighted by Gasteiger charge is 2.09. The van der Waals surface area contributed by atoms with Crippen molar-refractivity contribution < 1.29 is 0 Å². The number of H-pyrrole nitrogens is 1. The van der Waals surface area contributed by atoms with E-state index in [9.17, 15) is 0 Å². The Morgan fingerprint density at radius 3 is 3.11 bits per heavy atom. The summed E-state index contributed by atoms with van der Waals surface area (Å²) in [6, 6.07) is 16.9. The number of hydrogen-bond donors (Lipinski definition) is 1. The van der Waals surface area contributed by atoms with Crippen LogP contribution in [0, 0.1) is 6.07 Å². The molecule has 0 aliphatic heterocycles. The molecule has 0 bridgehead atoms. The molecule has 4 aromatic rings. The minimum absolute atomic E-state index is 0.878. The minimum Gasteiger partial charge on any atom is -0.260 e. The first-order valence-electron chi connectivity index (χ1n) is 5.71. The second kappa shape index (κ2) is 3.43. The van der Waals surface area contributed by atoms with Gasteiger partial charge >= 0.3 is 0 Å². The third-order valence-electron chi connectivity index (χ3n) is 3.07. The van der Waals surface area contributed by atoms with Crippen molar-refractivity contribution in [2.45, 2.75) is 0 Å². The molecule has 0 aliphatic rings. The summed E-state index contributed by atoms with van der Waals surface area (Å²) in [5.41, 5.74) is 1.98. The number of nitrogens with zero attached hydrogens (tertiary/aromatic N) is 3. The molecule has 0 amide bonds. The lowest BCUT2D eigenvalue weighted by atomic mass is 10.2. The average Bonchev–Trinajstić information content (AvgIpc) is 3.01. The van der Waals surface area contributed by atoms with Gasteiger partial charge in [-0.05, 0) is 24.3 Å². The van der Waals surface area contributed by atoms with Crippen molar-refractivity contribution in [3.8, 4) is 5.82 Å². The van der Waals surface area contributed by atoms with E-state index in [4.69, 9.17) is 0 Å². The molecule has 0 saturated heterocycles. The van der Waals surface area contributed by atoms with Crippen molar-refractivity contribution in [3.63, 3.8) is 0 Å². The molecular weight excluding hydrogens is 224 g/mol. The van der Waals surface area contributed by atoms with Gasteiger partial charge in [0.05, 0.1) is 17.2 Å². The van der Waals surface area contributed by atoms with Crippen molar-refractivity contribution in [1.82, 2.24) is 20.0 Å². The van der Waals surface area contributed by atoms with E-state index in [0.717, 1.165) is 27.6 Å². The quantitative estimate of drug-likeness (QED) is 0.549. The number of aromatic nitrogens is 4. The van der Waals surface area contributed by atoms with Crippen LogP contribution in [0.1, 0.15) is 0 Å². The van der Waals surface area contributed by atoms with Crippen molar-refractivity contribution in [2.24, 2.45) is 0 Å². The van der Waals surface area contributed by atoms with Crippen LogP contribution in [0.3, 0.4) is 0 Å². The van der Waals surface area contributed by atoms with Crippen LogP contribution < -0.4 is 0 Å². The summed E-state index contributed by atoms with van der Waals surface area (Å²) < 4.78 is 1.87. The molecular formula is C14H9N4. The Kier molecular flexibility index (Phi) is 1.80. The molecule has 2 aromatic carbocycles. The Morgan fingerprint density at radius 1 is 1.17 bits per heavy atom. The van der Waals surface area contributed by atoms with Crippen LogP contribution in [0.15, 0.2) is 48.7 Å². The van der Waals surface area contributed by atoms with Gasteiger partial charge in [-0.15, -0.1) is 0 Å². The number of hydrogen-bond acceptors (Lipinski definition) is 2. The molecule has 18 heavy (non-hydrogen) atoms. The standard InChI is InChI=1S/C14H9N4/c1-4-8-13-10(5-1)9-15-18(13)14-11-6-2-3-7-12(11)16-17-14/h1,3-9H,(H,16,17). The molecule has 1 N–H and O–H groups in total. The van der Waals surface area contributed by atoms with Gasteiger partial charge < -0.3 is 0 Å². The van der Waals surface area contributed by atoms with Gasteiger partial charge in [0.2, 0.25) is 0 Å². The van der Waals surface area contributed by atoms with Gasteiger partial charge in [0.25, 0.3) is 0 Å². The Morgan fingerprint density at radius 2 is 2.11 bits per heavy atom. The molecule has 0 saturated carbocycles. The minimum atomic E-state index is 0.878. The normalized spacial score (nSPS) is 11.3. The third kappa shape index (κ3) is 1.20. The zero-order valence-corrected chi connectivity index (χ0v) is 9.46. The average molecular weight is 233 g/mol. The fourth-order valence-electron chi connectivity index (χ4n) is 2.19. The first-order chi connectivity index (χ1) is 8.93. The summed E-state index contributed by atoms with van der Waals surface area (Å²) >= 11 is 0. The lowest BCUT2D eigenvalue weighted by Crippen LogP contribution is -1.96. The van der Waals surface area contributed by atoms with Crippen LogP contribution >= 0.6 is 0 Å². The largest absolute Gasteiger partial charge is 0.260 e. The summed E-state index contributed by atoms with van der Waals surface area (Å²) in [6.07, 6.45) is 1.86. The number of nitrogens with one attached hydrogen (secondary N) is 1. The van der Waals surface area contributed by atoms with Crippen molar-refractivity contribution >= 4 is 21.8 Å². The molecule has 2 aromatic heterocycles. The van der Waals surface area contributed by atoms with Gasteiger partial charge in [0.15, 0.2) is 5.82 Å². The summed E-state index contributed by atoms with van der Waals surface area (Å²) in [5.74, 6) is 0.878. The molecule has 2 heterocycles. The summed E-state index contributed by atoms with van der Waals surface area (Å²) in [6.45, 7) is 0. The topological polar surface area (TPSA) is 46.5 Å². The second-order valence-electron chi connectivity index (χ2n) is 4.13. The van der Waals surface area contributed by atoms with Gasteiger partial charge in [-0.2, -0.15) is 10.2 Å². The van der Waals surface area contributed by atoms with E-state index in [1.807, 2.05) is 53.3 Å². The van der Waals surface area contributed by atoms with E-state index in [-0.39, 0.29) is 0 Å². The lowest BCUT2D eigenvalue weighted by molar-refractivity contribution is 0.867. The maximum atomic E-state index is 4.42. The molecule has 0 spiro atoms. The van der Waals surface area contributed by atoms with Crippen molar-refractivity contribution in [2.75, 3.05) is 0 Å². The van der Waals surface area contributed by atoms with Gasteiger partial charge in [-0.1, -0.05) is 24.3 Å². The third-order valence-corrected chi connectivity index (χ3v) is 3.07. The van der Waals surface area contributed by atoms with E-state index in [2.05, 4.69) is 21.4 Å². The number of aromatic amines is 1. The second-order valence-corrected chi connectivity index (χ2v) is 4.13. The fourth-order valence-corrected chi connectivity index (χ4v) is 2.19. The Balaban J connectivity index is 2.08.